The van der Waals surface area contributed by atoms with Crippen molar-refractivity contribution >= 4 is 11.6 Å². The highest BCUT2D eigenvalue weighted by Crippen LogP contribution is 2.38. The third kappa shape index (κ3) is 4.01. The third-order valence-corrected chi connectivity index (χ3v) is 3.49. The summed E-state index contributed by atoms with van der Waals surface area (Å²) < 4.78 is 119. The van der Waals surface area contributed by atoms with Crippen LogP contribution in [0.25, 0.3) is 0 Å². The standard InChI is InChI=1S/C16H8F9NO/c1-5-2-6(8(18)4-7(5)17)3-9(27)26-15-13(21)11(19)10(16(23,24)25)12(20)14(15)22/h2,4H,3H2,1H3,(H,26,27). The van der Waals surface area contributed by atoms with Crippen molar-refractivity contribution in [3.8, 4) is 0 Å². The average molecular weight is 401 g/mol. The maximum atomic E-state index is 13.7. The molecule has 2 aromatic carbocycles. The van der Waals surface area contributed by atoms with E-state index in [4.69, 9.17) is 0 Å². The van der Waals surface area contributed by atoms with E-state index in [0.717, 1.165) is 6.07 Å². The first kappa shape index (κ1) is 20.6. The Morgan fingerprint density at radius 1 is 0.889 bits per heavy atom. The summed E-state index contributed by atoms with van der Waals surface area (Å²) in [7, 11) is 0. The molecular weight excluding hydrogens is 393 g/mol. The van der Waals surface area contributed by atoms with Gasteiger partial charge < -0.3 is 5.32 Å². The van der Waals surface area contributed by atoms with E-state index in [1.807, 2.05) is 0 Å². The zero-order valence-corrected chi connectivity index (χ0v) is 13.2. The molecule has 11 heteroatoms. The van der Waals surface area contributed by atoms with Gasteiger partial charge in [-0.2, -0.15) is 13.2 Å². The predicted molar refractivity (Wildman–Crippen MR) is 74.7 cm³/mol. The van der Waals surface area contributed by atoms with Gasteiger partial charge in [-0.1, -0.05) is 0 Å². The van der Waals surface area contributed by atoms with Crippen LogP contribution in [-0.4, -0.2) is 5.91 Å². The number of anilines is 1. The number of benzene rings is 2. The second-order valence-electron chi connectivity index (χ2n) is 5.42. The second-order valence-corrected chi connectivity index (χ2v) is 5.42. The maximum absolute atomic E-state index is 13.7. The number of carbonyl (C=O) groups excluding carboxylic acids is 1. The fourth-order valence-electron chi connectivity index (χ4n) is 2.20. The lowest BCUT2D eigenvalue weighted by atomic mass is 10.1. The van der Waals surface area contributed by atoms with E-state index in [0.29, 0.717) is 6.07 Å². The summed E-state index contributed by atoms with van der Waals surface area (Å²) in [4.78, 5) is 11.8. The van der Waals surface area contributed by atoms with Gasteiger partial charge in [-0.25, -0.2) is 26.3 Å². The molecule has 0 aliphatic heterocycles. The Balaban J connectivity index is 2.38. The summed E-state index contributed by atoms with van der Waals surface area (Å²) in [5, 5.41) is 1.35. The van der Waals surface area contributed by atoms with E-state index in [1.54, 1.807) is 0 Å². The lowest BCUT2D eigenvalue weighted by Crippen LogP contribution is -2.21. The summed E-state index contributed by atoms with van der Waals surface area (Å²) in [6.07, 6.45) is -6.66. The number of amides is 1. The molecule has 0 saturated carbocycles. The third-order valence-electron chi connectivity index (χ3n) is 3.49. The molecule has 0 saturated heterocycles. The molecule has 2 nitrogen and oxygen atoms in total. The lowest BCUT2D eigenvalue weighted by molar-refractivity contribution is -0.143. The molecule has 0 unspecified atom stereocenters. The zero-order valence-electron chi connectivity index (χ0n) is 13.2. The predicted octanol–water partition coefficient (Wildman–Crippen LogP) is 5.03. The molecule has 2 aromatic rings. The smallest absolute Gasteiger partial charge is 0.321 e. The molecule has 27 heavy (non-hydrogen) atoms. The SMILES string of the molecule is Cc1cc(CC(=O)Nc2c(F)c(F)c(C(F)(F)F)c(F)c2F)c(F)cc1F. The van der Waals surface area contributed by atoms with Crippen LogP contribution in [0.2, 0.25) is 0 Å². The second kappa shape index (κ2) is 7.12. The quantitative estimate of drug-likeness (QED) is 0.568. The van der Waals surface area contributed by atoms with E-state index in [-0.39, 0.29) is 5.56 Å². The van der Waals surface area contributed by atoms with Crippen molar-refractivity contribution in [1.29, 1.82) is 0 Å². The van der Waals surface area contributed by atoms with Crippen molar-refractivity contribution in [1.82, 2.24) is 0 Å². The Morgan fingerprint density at radius 3 is 1.89 bits per heavy atom. The zero-order chi connectivity index (χ0) is 20.7. The van der Waals surface area contributed by atoms with Gasteiger partial charge in [0.05, 0.1) is 6.42 Å². The molecule has 0 spiro atoms. The van der Waals surface area contributed by atoms with E-state index in [9.17, 15) is 44.3 Å². The largest absolute Gasteiger partial charge is 0.422 e. The van der Waals surface area contributed by atoms with Gasteiger partial charge in [0.25, 0.3) is 0 Å². The molecular formula is C16H8F9NO. The highest BCUT2D eigenvalue weighted by molar-refractivity contribution is 5.92. The first-order chi connectivity index (χ1) is 12.3. The Kier molecular flexibility index (Phi) is 5.43. The summed E-state index contributed by atoms with van der Waals surface area (Å²) in [5.41, 5.74) is -5.08. The Hall–Kier alpha value is -2.72. The van der Waals surface area contributed by atoms with E-state index in [2.05, 4.69) is 0 Å². The maximum Gasteiger partial charge on any atom is 0.422 e. The topological polar surface area (TPSA) is 29.1 Å². The molecule has 0 aliphatic rings. The molecule has 0 radical (unpaired) electrons. The molecule has 0 heterocycles. The van der Waals surface area contributed by atoms with Gasteiger partial charge in [0.15, 0.2) is 23.3 Å². The Bertz CT molecular complexity index is 892. The van der Waals surface area contributed by atoms with Gasteiger partial charge in [0, 0.05) is 6.07 Å². The fraction of sp³-hybridized carbons (Fsp3) is 0.188. The van der Waals surface area contributed by atoms with Gasteiger partial charge in [-0.05, 0) is 24.1 Å². The molecule has 0 fully saturated rings. The van der Waals surface area contributed by atoms with Gasteiger partial charge in [0.1, 0.15) is 22.9 Å². The normalized spacial score (nSPS) is 11.6. The van der Waals surface area contributed by atoms with Crippen molar-refractivity contribution in [3.05, 3.63) is 63.7 Å². The van der Waals surface area contributed by atoms with E-state index in [1.165, 1.54) is 12.2 Å². The number of hydrogen-bond donors (Lipinski definition) is 1. The molecule has 0 atom stereocenters. The number of carbonyl (C=O) groups is 1. The molecule has 1 N–H and O–H groups in total. The molecule has 0 aliphatic carbocycles. The van der Waals surface area contributed by atoms with Crippen molar-refractivity contribution in [2.75, 3.05) is 5.32 Å². The van der Waals surface area contributed by atoms with Crippen molar-refractivity contribution in [2.24, 2.45) is 0 Å². The highest BCUT2D eigenvalue weighted by atomic mass is 19.4. The minimum Gasteiger partial charge on any atom is -0.321 e. The lowest BCUT2D eigenvalue weighted by Gasteiger charge is -2.14. The minimum absolute atomic E-state index is 0.0665. The number of alkyl halides is 3. The summed E-state index contributed by atoms with van der Waals surface area (Å²) >= 11 is 0. The molecule has 0 bridgehead atoms. The summed E-state index contributed by atoms with van der Waals surface area (Å²) in [6, 6.07) is 1.35. The van der Waals surface area contributed by atoms with Gasteiger partial charge in [-0.15, -0.1) is 0 Å². The van der Waals surface area contributed by atoms with Gasteiger partial charge >= 0.3 is 6.18 Å². The number of nitrogens with one attached hydrogen (secondary N) is 1. The van der Waals surface area contributed by atoms with Crippen molar-refractivity contribution in [2.45, 2.75) is 19.5 Å². The first-order valence-corrected chi connectivity index (χ1v) is 7.02. The van der Waals surface area contributed by atoms with Gasteiger partial charge in [0.2, 0.25) is 5.91 Å². The minimum atomic E-state index is -5.73. The summed E-state index contributed by atoms with van der Waals surface area (Å²) in [5.74, 6) is -14.0. The number of aryl methyl sites for hydroxylation is 1. The summed E-state index contributed by atoms with van der Waals surface area (Å²) in [6.45, 7) is 1.23. The molecule has 1 amide bonds. The van der Waals surface area contributed by atoms with Crippen molar-refractivity contribution in [3.63, 3.8) is 0 Å². The van der Waals surface area contributed by atoms with Crippen LogP contribution >= 0.6 is 0 Å². The highest BCUT2D eigenvalue weighted by Gasteiger charge is 2.42. The van der Waals surface area contributed by atoms with Crippen LogP contribution in [0.4, 0.5) is 45.2 Å². The number of hydrogen-bond acceptors (Lipinski definition) is 1. The Labute approximate surface area is 145 Å². The fourth-order valence-corrected chi connectivity index (χ4v) is 2.20. The Morgan fingerprint density at radius 2 is 1.41 bits per heavy atom. The molecule has 0 aromatic heterocycles. The van der Waals surface area contributed by atoms with Crippen LogP contribution in [0, 0.1) is 41.8 Å². The van der Waals surface area contributed by atoms with Crippen LogP contribution in [-0.2, 0) is 17.4 Å². The van der Waals surface area contributed by atoms with Crippen LogP contribution in [0.1, 0.15) is 16.7 Å². The number of rotatable bonds is 3. The van der Waals surface area contributed by atoms with Crippen LogP contribution < -0.4 is 5.32 Å². The van der Waals surface area contributed by atoms with E-state index < -0.39 is 70.2 Å². The van der Waals surface area contributed by atoms with Crippen LogP contribution in [0.15, 0.2) is 12.1 Å². The molecule has 2 rings (SSSR count). The van der Waals surface area contributed by atoms with Crippen LogP contribution in [0.3, 0.4) is 0 Å². The molecule has 146 valence electrons. The monoisotopic (exact) mass is 401 g/mol. The van der Waals surface area contributed by atoms with E-state index >= 15 is 0 Å². The van der Waals surface area contributed by atoms with Gasteiger partial charge in [-0.3, -0.25) is 4.79 Å². The average Bonchev–Trinajstić information content (AvgIpc) is 2.53. The van der Waals surface area contributed by atoms with Crippen LogP contribution in [0.5, 0.6) is 0 Å². The first-order valence-electron chi connectivity index (χ1n) is 7.02. The number of halogens is 9. The van der Waals surface area contributed by atoms with Crippen molar-refractivity contribution < 1.29 is 44.3 Å².